The third-order valence-electron chi connectivity index (χ3n) is 4.87. The fourth-order valence-corrected chi connectivity index (χ4v) is 3.59. The molecular formula is C15H30N2. The molecule has 1 atom stereocenters. The van der Waals surface area contributed by atoms with Gasteiger partial charge in [0.05, 0.1) is 0 Å². The van der Waals surface area contributed by atoms with Crippen LogP contribution in [-0.4, -0.2) is 37.1 Å². The summed E-state index contributed by atoms with van der Waals surface area (Å²) in [5, 5.41) is 3.50. The molecule has 0 spiro atoms. The van der Waals surface area contributed by atoms with Crippen LogP contribution < -0.4 is 5.32 Å². The predicted molar refractivity (Wildman–Crippen MR) is 74.3 cm³/mol. The zero-order valence-electron chi connectivity index (χ0n) is 11.8. The molecule has 0 saturated carbocycles. The van der Waals surface area contributed by atoms with Crippen molar-refractivity contribution in [3.8, 4) is 0 Å². The third kappa shape index (κ3) is 3.69. The molecule has 2 aliphatic heterocycles. The Balaban J connectivity index is 1.93. The summed E-state index contributed by atoms with van der Waals surface area (Å²) in [6, 6.07) is 0.865. The van der Waals surface area contributed by atoms with Crippen LogP contribution in [0.25, 0.3) is 0 Å². The lowest BCUT2D eigenvalue weighted by Crippen LogP contribution is -2.46. The Labute approximate surface area is 107 Å². The van der Waals surface area contributed by atoms with E-state index in [0.29, 0.717) is 5.41 Å². The zero-order chi connectivity index (χ0) is 12.1. The predicted octanol–water partition coefficient (Wildman–Crippen LogP) is 3.03. The molecule has 1 N–H and O–H groups in total. The van der Waals surface area contributed by atoms with Gasteiger partial charge >= 0.3 is 0 Å². The van der Waals surface area contributed by atoms with Crippen LogP contribution in [0.3, 0.4) is 0 Å². The molecule has 2 aliphatic rings. The van der Waals surface area contributed by atoms with Crippen LogP contribution in [0, 0.1) is 5.41 Å². The molecule has 0 aromatic rings. The second-order valence-electron chi connectivity index (χ2n) is 6.44. The smallest absolute Gasteiger partial charge is 0.00928 e. The molecule has 2 saturated heterocycles. The molecule has 2 heteroatoms. The highest BCUT2D eigenvalue weighted by atomic mass is 15.2. The van der Waals surface area contributed by atoms with E-state index in [4.69, 9.17) is 0 Å². The van der Waals surface area contributed by atoms with E-state index in [9.17, 15) is 0 Å². The maximum atomic E-state index is 3.50. The lowest BCUT2D eigenvalue weighted by Gasteiger charge is -2.41. The first-order chi connectivity index (χ1) is 8.23. The van der Waals surface area contributed by atoms with E-state index in [0.717, 1.165) is 6.04 Å². The van der Waals surface area contributed by atoms with Gasteiger partial charge in [0.15, 0.2) is 0 Å². The third-order valence-corrected chi connectivity index (χ3v) is 4.87. The largest absolute Gasteiger partial charge is 0.317 e. The molecule has 17 heavy (non-hydrogen) atoms. The highest BCUT2D eigenvalue weighted by Crippen LogP contribution is 2.31. The van der Waals surface area contributed by atoms with Crippen LogP contribution in [-0.2, 0) is 0 Å². The summed E-state index contributed by atoms with van der Waals surface area (Å²) in [7, 11) is 0. The van der Waals surface area contributed by atoms with Gasteiger partial charge in [0, 0.05) is 12.6 Å². The first kappa shape index (κ1) is 13.4. The average Bonchev–Trinajstić information content (AvgIpc) is 2.54. The Hall–Kier alpha value is -0.0800. The quantitative estimate of drug-likeness (QED) is 0.813. The van der Waals surface area contributed by atoms with E-state index in [-0.39, 0.29) is 0 Å². The first-order valence-electron chi connectivity index (χ1n) is 7.68. The maximum absolute atomic E-state index is 3.50. The second-order valence-corrected chi connectivity index (χ2v) is 6.44. The van der Waals surface area contributed by atoms with Crippen molar-refractivity contribution in [3.05, 3.63) is 0 Å². The molecule has 2 nitrogen and oxygen atoms in total. The number of nitrogens with zero attached hydrogens (tertiary/aromatic N) is 1. The Morgan fingerprint density at radius 1 is 1.18 bits per heavy atom. The monoisotopic (exact) mass is 238 g/mol. The molecule has 0 amide bonds. The van der Waals surface area contributed by atoms with Crippen LogP contribution in [0.5, 0.6) is 0 Å². The Kier molecular flexibility index (Phi) is 4.87. The van der Waals surface area contributed by atoms with Gasteiger partial charge in [-0.05, 0) is 57.2 Å². The highest BCUT2D eigenvalue weighted by Gasteiger charge is 2.31. The number of nitrogens with one attached hydrogen (secondary N) is 1. The molecule has 100 valence electrons. The van der Waals surface area contributed by atoms with Crippen molar-refractivity contribution in [1.82, 2.24) is 10.2 Å². The summed E-state index contributed by atoms with van der Waals surface area (Å²) in [5.74, 6) is 0. The van der Waals surface area contributed by atoms with Gasteiger partial charge in [-0.25, -0.2) is 0 Å². The summed E-state index contributed by atoms with van der Waals surface area (Å²) in [5.41, 5.74) is 0.572. The molecular weight excluding hydrogens is 208 g/mol. The van der Waals surface area contributed by atoms with E-state index in [2.05, 4.69) is 24.1 Å². The minimum atomic E-state index is 0.572. The van der Waals surface area contributed by atoms with Crippen molar-refractivity contribution in [1.29, 1.82) is 0 Å². The molecule has 0 aromatic carbocycles. The number of hydrogen-bond donors (Lipinski definition) is 1. The van der Waals surface area contributed by atoms with Crippen molar-refractivity contribution >= 4 is 0 Å². The summed E-state index contributed by atoms with van der Waals surface area (Å²) < 4.78 is 0. The minimum absolute atomic E-state index is 0.572. The molecule has 0 aliphatic carbocycles. The van der Waals surface area contributed by atoms with Gasteiger partial charge in [0.2, 0.25) is 0 Å². The fraction of sp³-hybridized carbons (Fsp3) is 1.00. The minimum Gasteiger partial charge on any atom is -0.317 e. The van der Waals surface area contributed by atoms with Crippen molar-refractivity contribution < 1.29 is 0 Å². The SMILES string of the molecule is CCC1CCCCCN1CC1(C)CCNCC1. The summed E-state index contributed by atoms with van der Waals surface area (Å²) in [6.45, 7) is 10.0. The Morgan fingerprint density at radius 3 is 2.65 bits per heavy atom. The van der Waals surface area contributed by atoms with Crippen LogP contribution >= 0.6 is 0 Å². The fourth-order valence-electron chi connectivity index (χ4n) is 3.59. The highest BCUT2D eigenvalue weighted by molar-refractivity contribution is 4.86. The van der Waals surface area contributed by atoms with Gasteiger partial charge < -0.3 is 5.32 Å². The summed E-state index contributed by atoms with van der Waals surface area (Å²) in [4.78, 5) is 2.82. The zero-order valence-corrected chi connectivity index (χ0v) is 11.8. The van der Waals surface area contributed by atoms with Crippen LogP contribution in [0.1, 0.15) is 58.8 Å². The molecule has 0 aromatic heterocycles. The lowest BCUT2D eigenvalue weighted by atomic mass is 9.80. The molecule has 1 unspecified atom stereocenters. The molecule has 2 heterocycles. The maximum Gasteiger partial charge on any atom is 0.00928 e. The van der Waals surface area contributed by atoms with Crippen molar-refractivity contribution in [2.75, 3.05) is 26.2 Å². The van der Waals surface area contributed by atoms with E-state index >= 15 is 0 Å². The van der Waals surface area contributed by atoms with E-state index in [1.807, 2.05) is 0 Å². The summed E-state index contributed by atoms with van der Waals surface area (Å²) in [6.07, 6.45) is 9.82. The molecule has 2 fully saturated rings. The second kappa shape index (κ2) is 6.19. The summed E-state index contributed by atoms with van der Waals surface area (Å²) >= 11 is 0. The molecule has 0 bridgehead atoms. The number of piperidine rings is 1. The Morgan fingerprint density at radius 2 is 1.94 bits per heavy atom. The topological polar surface area (TPSA) is 15.3 Å². The Bertz CT molecular complexity index is 221. The van der Waals surface area contributed by atoms with Crippen LogP contribution in [0.4, 0.5) is 0 Å². The average molecular weight is 238 g/mol. The van der Waals surface area contributed by atoms with Gasteiger partial charge in [-0.3, -0.25) is 4.90 Å². The van der Waals surface area contributed by atoms with E-state index in [1.54, 1.807) is 0 Å². The standard InChI is InChI=1S/C15H30N2/c1-3-14-7-5-4-6-12-17(14)13-15(2)8-10-16-11-9-15/h14,16H,3-13H2,1-2H3. The molecule has 2 rings (SSSR count). The van der Waals surface area contributed by atoms with Crippen molar-refractivity contribution in [3.63, 3.8) is 0 Å². The number of hydrogen-bond acceptors (Lipinski definition) is 2. The van der Waals surface area contributed by atoms with Gasteiger partial charge in [-0.2, -0.15) is 0 Å². The normalized spacial score (nSPS) is 31.1. The van der Waals surface area contributed by atoms with Crippen molar-refractivity contribution in [2.24, 2.45) is 5.41 Å². The van der Waals surface area contributed by atoms with Crippen molar-refractivity contribution in [2.45, 2.75) is 64.8 Å². The van der Waals surface area contributed by atoms with Gasteiger partial charge in [-0.15, -0.1) is 0 Å². The van der Waals surface area contributed by atoms with Gasteiger partial charge in [-0.1, -0.05) is 26.7 Å². The van der Waals surface area contributed by atoms with Crippen LogP contribution in [0.2, 0.25) is 0 Å². The number of rotatable bonds is 3. The van der Waals surface area contributed by atoms with Crippen LogP contribution in [0.15, 0.2) is 0 Å². The lowest BCUT2D eigenvalue weighted by molar-refractivity contribution is 0.0936. The first-order valence-corrected chi connectivity index (χ1v) is 7.68. The van der Waals surface area contributed by atoms with Gasteiger partial charge in [0.25, 0.3) is 0 Å². The van der Waals surface area contributed by atoms with E-state index < -0.39 is 0 Å². The number of likely N-dealkylation sites (tertiary alicyclic amines) is 1. The van der Waals surface area contributed by atoms with Gasteiger partial charge in [0.1, 0.15) is 0 Å². The van der Waals surface area contributed by atoms with E-state index in [1.165, 1.54) is 71.1 Å². The molecule has 0 radical (unpaired) electrons.